The highest BCUT2D eigenvalue weighted by atomic mass is 14.6. The quantitative estimate of drug-likeness (QED) is 0.443. The molecule has 0 aromatic carbocycles. The van der Waals surface area contributed by atoms with Gasteiger partial charge in [0.2, 0.25) is 0 Å². The Labute approximate surface area is 77.9 Å². The summed E-state index contributed by atoms with van der Waals surface area (Å²) < 4.78 is 0. The van der Waals surface area contributed by atoms with Crippen molar-refractivity contribution < 1.29 is 0 Å². The van der Waals surface area contributed by atoms with Crippen LogP contribution in [-0.4, -0.2) is 6.72 Å². The fourth-order valence-corrected chi connectivity index (χ4v) is 0.333. The van der Waals surface area contributed by atoms with Crippen molar-refractivity contribution in [3.63, 3.8) is 0 Å². The Hall–Kier alpha value is -0.850. The Morgan fingerprint density at radius 2 is 1.75 bits per heavy atom. The van der Waals surface area contributed by atoms with Crippen molar-refractivity contribution in [1.82, 2.24) is 0 Å². The zero-order chi connectivity index (χ0) is 10.2. The van der Waals surface area contributed by atoms with E-state index in [1.54, 1.807) is 0 Å². The number of nitrogens with zero attached hydrogens (tertiary/aromatic N) is 1. The van der Waals surface area contributed by atoms with E-state index in [1.807, 2.05) is 13.8 Å². The first-order valence-corrected chi connectivity index (χ1v) is 4.51. The molecular weight excluding hydrogens is 146 g/mol. The van der Waals surface area contributed by atoms with E-state index < -0.39 is 0 Å². The topological polar surface area (TPSA) is 12.4 Å². The minimum absolute atomic E-state index is 1.23. The number of hydrogen-bond donors (Lipinski definition) is 0. The lowest BCUT2D eigenvalue weighted by molar-refractivity contribution is 0.957. The molecule has 0 unspecified atom stereocenters. The van der Waals surface area contributed by atoms with Gasteiger partial charge in [-0.15, -0.1) is 0 Å². The normalized spacial score (nSPS) is 7.33. The molecule has 1 heteroatoms. The van der Waals surface area contributed by atoms with Gasteiger partial charge in [0.05, 0.1) is 0 Å². The molecule has 1 nitrogen and oxygen atoms in total. The summed E-state index contributed by atoms with van der Waals surface area (Å²) in [6.07, 6.45) is 8.16. The van der Waals surface area contributed by atoms with Crippen molar-refractivity contribution in [2.75, 3.05) is 0 Å². The van der Waals surface area contributed by atoms with Crippen LogP contribution >= 0.6 is 0 Å². The van der Waals surface area contributed by atoms with Crippen molar-refractivity contribution in [1.29, 1.82) is 0 Å². The van der Waals surface area contributed by atoms with Crippen LogP contribution in [0.25, 0.3) is 0 Å². The van der Waals surface area contributed by atoms with E-state index in [0.717, 1.165) is 0 Å². The summed E-state index contributed by atoms with van der Waals surface area (Å²) in [5.41, 5.74) is 0. The fraction of sp³-hybridized carbons (Fsp3) is 0.545. The fourth-order valence-electron chi connectivity index (χ4n) is 0.333. The number of unbranched alkanes of at least 4 members (excludes halogenated alkanes) is 1. The molecule has 0 aliphatic carbocycles. The summed E-state index contributed by atoms with van der Waals surface area (Å²) in [7, 11) is 0. The first-order valence-electron chi connectivity index (χ1n) is 4.51. The molecule has 0 saturated heterocycles. The van der Waals surface area contributed by atoms with Crippen molar-refractivity contribution >= 4 is 6.72 Å². The van der Waals surface area contributed by atoms with Crippen LogP contribution in [0.3, 0.4) is 0 Å². The van der Waals surface area contributed by atoms with Crippen molar-refractivity contribution in [2.24, 2.45) is 4.99 Å². The first-order chi connectivity index (χ1) is 5.83. The molecular formula is C11H23N. The zero-order valence-corrected chi connectivity index (χ0v) is 9.01. The van der Waals surface area contributed by atoms with Gasteiger partial charge in [-0.05, 0) is 20.1 Å². The summed E-state index contributed by atoms with van der Waals surface area (Å²) in [6.45, 7) is 14.6. The molecule has 0 aliphatic heterocycles. The molecule has 0 rings (SSSR count). The lowest BCUT2D eigenvalue weighted by atomic mass is 10.3. The molecule has 0 bridgehead atoms. The minimum Gasteiger partial charge on any atom is -0.273 e. The molecule has 0 aliphatic rings. The third kappa shape index (κ3) is 61.3. The molecule has 0 aromatic heterocycles. The van der Waals surface area contributed by atoms with Gasteiger partial charge in [-0.3, -0.25) is 4.99 Å². The predicted molar refractivity (Wildman–Crippen MR) is 60.8 cm³/mol. The van der Waals surface area contributed by atoms with Crippen LogP contribution in [-0.2, 0) is 0 Å². The maximum absolute atomic E-state index is 3.25. The molecule has 0 aromatic rings. The van der Waals surface area contributed by atoms with Gasteiger partial charge in [-0.1, -0.05) is 45.9 Å². The second-order valence-electron chi connectivity index (χ2n) is 1.72. The third-order valence-electron chi connectivity index (χ3n) is 0.820. The second kappa shape index (κ2) is 32.0. The van der Waals surface area contributed by atoms with Crippen molar-refractivity contribution in [3.8, 4) is 0 Å². The molecule has 0 heterocycles. The van der Waals surface area contributed by atoms with Crippen LogP contribution in [0.4, 0.5) is 0 Å². The van der Waals surface area contributed by atoms with Gasteiger partial charge in [-0.25, -0.2) is 0 Å². The molecule has 12 heavy (non-hydrogen) atoms. The largest absolute Gasteiger partial charge is 0.273 e. The highest BCUT2D eigenvalue weighted by Crippen LogP contribution is 1.85. The van der Waals surface area contributed by atoms with Gasteiger partial charge in [0.1, 0.15) is 0 Å². The van der Waals surface area contributed by atoms with Crippen molar-refractivity contribution in [3.05, 3.63) is 24.9 Å². The third-order valence-corrected chi connectivity index (χ3v) is 0.820. The summed E-state index contributed by atoms with van der Waals surface area (Å²) in [4.78, 5) is 3.25. The van der Waals surface area contributed by atoms with E-state index in [9.17, 15) is 0 Å². The Kier molecular flexibility index (Phi) is 46.2. The lowest BCUT2D eigenvalue weighted by Gasteiger charge is -1.76. The van der Waals surface area contributed by atoms with Crippen LogP contribution in [0.1, 0.15) is 40.5 Å². The first kappa shape index (κ1) is 17.3. The Balaban J connectivity index is -0.000000118. The van der Waals surface area contributed by atoms with Crippen LogP contribution < -0.4 is 0 Å². The number of aliphatic imine (C=N–C) groups is 1. The zero-order valence-electron chi connectivity index (χ0n) is 9.01. The van der Waals surface area contributed by atoms with E-state index in [0.29, 0.717) is 0 Å². The molecule has 0 atom stereocenters. The molecule has 0 amide bonds. The summed E-state index contributed by atoms with van der Waals surface area (Å²) in [5.74, 6) is 0. The number of allylic oxidation sites excluding steroid dienone is 2. The summed E-state index contributed by atoms with van der Waals surface area (Å²) in [6, 6.07) is 0. The van der Waals surface area contributed by atoms with Crippen LogP contribution in [0.5, 0.6) is 0 Å². The van der Waals surface area contributed by atoms with Crippen LogP contribution in [0, 0.1) is 0 Å². The summed E-state index contributed by atoms with van der Waals surface area (Å²) >= 11 is 0. The van der Waals surface area contributed by atoms with E-state index in [4.69, 9.17) is 0 Å². The highest BCUT2D eigenvalue weighted by Gasteiger charge is 1.64. The SMILES string of the molecule is C/C=C\CCC.C=CN=C.CC. The van der Waals surface area contributed by atoms with Crippen LogP contribution in [0.2, 0.25) is 0 Å². The Bertz CT molecular complexity index is 87.2. The Morgan fingerprint density at radius 3 is 1.83 bits per heavy atom. The average Bonchev–Trinajstić information content (AvgIpc) is 2.18. The van der Waals surface area contributed by atoms with Gasteiger partial charge in [0.15, 0.2) is 0 Å². The molecule has 0 radical (unpaired) electrons. The Morgan fingerprint density at radius 1 is 1.33 bits per heavy atom. The molecule has 72 valence electrons. The summed E-state index contributed by atoms with van der Waals surface area (Å²) in [5, 5.41) is 0. The maximum atomic E-state index is 3.25. The highest BCUT2D eigenvalue weighted by molar-refractivity contribution is 5.24. The van der Waals surface area contributed by atoms with E-state index in [2.05, 4.69) is 44.3 Å². The van der Waals surface area contributed by atoms with Crippen molar-refractivity contribution in [2.45, 2.75) is 40.5 Å². The molecule has 0 N–H and O–H groups in total. The molecule has 0 saturated carbocycles. The van der Waals surface area contributed by atoms with E-state index >= 15 is 0 Å². The lowest BCUT2D eigenvalue weighted by Crippen LogP contribution is -1.55. The monoisotopic (exact) mass is 169 g/mol. The molecule has 0 fully saturated rings. The number of hydrogen-bond acceptors (Lipinski definition) is 1. The average molecular weight is 169 g/mol. The maximum Gasteiger partial charge on any atom is 0.0188 e. The van der Waals surface area contributed by atoms with Crippen LogP contribution in [0.15, 0.2) is 29.9 Å². The van der Waals surface area contributed by atoms with Gasteiger partial charge in [0, 0.05) is 6.20 Å². The van der Waals surface area contributed by atoms with E-state index in [-0.39, 0.29) is 0 Å². The molecule has 0 spiro atoms. The van der Waals surface area contributed by atoms with E-state index in [1.165, 1.54) is 19.0 Å². The predicted octanol–water partition coefficient (Wildman–Crippen LogP) is 4.22. The number of rotatable bonds is 3. The van der Waals surface area contributed by atoms with Gasteiger partial charge in [0.25, 0.3) is 0 Å². The second-order valence-corrected chi connectivity index (χ2v) is 1.72. The van der Waals surface area contributed by atoms with Gasteiger partial charge < -0.3 is 0 Å². The standard InChI is InChI=1S/C6H12.C3H5N.C2H6/c1-3-5-6-4-2;1-3-4-2;1-2/h3,5H,4,6H2,1-2H3;3H,1-2H2;1-2H3/b5-3-;;. The van der Waals surface area contributed by atoms with Gasteiger partial charge >= 0.3 is 0 Å². The minimum atomic E-state index is 1.23. The van der Waals surface area contributed by atoms with Gasteiger partial charge in [-0.2, -0.15) is 0 Å². The smallest absolute Gasteiger partial charge is 0.0188 e.